The van der Waals surface area contributed by atoms with Crippen LogP contribution in [0.2, 0.25) is 18.1 Å². The van der Waals surface area contributed by atoms with E-state index < -0.39 is 59.1 Å². The van der Waals surface area contributed by atoms with E-state index in [2.05, 4.69) is 0 Å². The maximum atomic E-state index is 14.0. The van der Waals surface area contributed by atoms with Crippen molar-refractivity contribution in [3.8, 4) is 0 Å². The van der Waals surface area contributed by atoms with E-state index in [0.717, 1.165) is 0 Å². The molecule has 0 unspecified atom stereocenters. The summed E-state index contributed by atoms with van der Waals surface area (Å²) in [5.41, 5.74) is 0. The van der Waals surface area contributed by atoms with Crippen molar-refractivity contribution in [2.75, 3.05) is 0 Å². The summed E-state index contributed by atoms with van der Waals surface area (Å²) >= 11 is -0.450. The molecule has 0 amide bonds. The molecule has 0 aromatic heterocycles. The second kappa shape index (κ2) is 4.72. The summed E-state index contributed by atoms with van der Waals surface area (Å²) in [6, 6.07) is 0. The zero-order valence-electron chi connectivity index (χ0n) is 11.5. The summed E-state index contributed by atoms with van der Waals surface area (Å²) in [4.78, 5) is 0. The summed E-state index contributed by atoms with van der Waals surface area (Å²) in [5.74, 6) is -4.78. The van der Waals surface area contributed by atoms with Crippen LogP contribution in [0.25, 0.3) is 0 Å². The second-order valence-electron chi connectivity index (χ2n) is 6.13. The quantitative estimate of drug-likeness (QED) is 0.419. The molecular weight excluding hydrogens is 318 g/mol. The van der Waals surface area contributed by atoms with Crippen molar-refractivity contribution < 1.29 is 17.6 Å². The number of rotatable bonds is 1. The summed E-state index contributed by atoms with van der Waals surface area (Å²) in [6.45, 7) is 8.97. The molecule has 0 N–H and O–H groups in total. The van der Waals surface area contributed by atoms with E-state index >= 15 is 0 Å². The first kappa shape index (κ1) is 15.8. The molecule has 100 valence electrons. The standard InChI is InChI=1S/C12H15F4Si.Ga.2H/c1-12(2,3)17(4,5)11-9(15)7(13)6-8(14)10(11)16;;;/h1-5H3;;;. The van der Waals surface area contributed by atoms with Gasteiger partial charge in [-0.3, -0.25) is 0 Å². The molecule has 0 aliphatic heterocycles. The summed E-state index contributed by atoms with van der Waals surface area (Å²) in [6.07, 6.45) is 0. The maximum absolute atomic E-state index is 14.0. The molecule has 0 radical (unpaired) electrons. The van der Waals surface area contributed by atoms with Crippen LogP contribution in [0, 0.1) is 23.3 Å². The van der Waals surface area contributed by atoms with Gasteiger partial charge in [-0.1, -0.05) is 0 Å². The molecule has 0 aliphatic rings. The molecule has 1 aromatic carbocycles. The number of halogens is 4. The van der Waals surface area contributed by atoms with Crippen LogP contribution in [0.4, 0.5) is 17.6 Å². The Balaban J connectivity index is 3.72. The Labute approximate surface area is 116 Å². The van der Waals surface area contributed by atoms with Gasteiger partial charge in [-0.05, 0) is 0 Å². The number of hydrogen-bond acceptors (Lipinski definition) is 0. The van der Waals surface area contributed by atoms with Crippen molar-refractivity contribution in [1.82, 2.24) is 0 Å². The molecule has 0 saturated carbocycles. The van der Waals surface area contributed by atoms with E-state index in [0.29, 0.717) is 0 Å². The Morgan fingerprint density at radius 3 is 1.44 bits per heavy atom. The first-order chi connectivity index (χ1) is 7.93. The molecule has 0 bridgehead atoms. The number of hydrogen-bond donors (Lipinski definition) is 0. The van der Waals surface area contributed by atoms with Gasteiger partial charge in [0.05, 0.1) is 0 Å². The van der Waals surface area contributed by atoms with E-state index in [4.69, 9.17) is 0 Å². The van der Waals surface area contributed by atoms with E-state index in [1.807, 2.05) is 20.8 Å². The van der Waals surface area contributed by atoms with Crippen molar-refractivity contribution in [2.24, 2.45) is 0 Å². The molecule has 0 saturated heterocycles. The normalized spacial score (nSPS) is 12.9. The third-order valence-electron chi connectivity index (χ3n) is 3.98. The van der Waals surface area contributed by atoms with Crippen molar-refractivity contribution in [1.29, 1.82) is 0 Å². The van der Waals surface area contributed by atoms with Crippen LogP contribution >= 0.6 is 0 Å². The zero-order valence-corrected chi connectivity index (χ0v) is 16.7. The topological polar surface area (TPSA) is 0 Å². The van der Waals surface area contributed by atoms with Gasteiger partial charge in [0.15, 0.2) is 0 Å². The van der Waals surface area contributed by atoms with Gasteiger partial charge in [-0.2, -0.15) is 0 Å². The molecule has 0 nitrogen and oxygen atoms in total. The molecule has 0 fully saturated rings. The van der Waals surface area contributed by atoms with Crippen LogP contribution in [0.15, 0.2) is 0 Å². The summed E-state index contributed by atoms with van der Waals surface area (Å²) in [5, 5.41) is -0.762. The molecule has 0 atom stereocenters. The zero-order chi connectivity index (χ0) is 14.5. The van der Waals surface area contributed by atoms with Crippen LogP contribution in [-0.2, 0) is 0 Å². The van der Waals surface area contributed by atoms with Crippen molar-refractivity contribution >= 4 is 36.0 Å². The van der Waals surface area contributed by atoms with Gasteiger partial charge >= 0.3 is 116 Å². The molecule has 0 aliphatic carbocycles. The van der Waals surface area contributed by atoms with Gasteiger partial charge in [0, 0.05) is 0 Å². The Morgan fingerprint density at radius 2 is 1.17 bits per heavy atom. The second-order valence-corrected chi connectivity index (χ2v) is 13.5. The molecular formula is C12H17F4GaSi. The Bertz CT molecular complexity index is 463. The fourth-order valence-electron chi connectivity index (χ4n) is 1.67. The van der Waals surface area contributed by atoms with Crippen LogP contribution in [-0.4, -0.2) is 26.7 Å². The molecule has 1 rings (SSSR count). The SMILES string of the molecule is CC(C)(C)[Si](C)(C)c1c(F)c(F)[c]([GaH2])c(F)c1F. The molecule has 6 heteroatoms. The van der Waals surface area contributed by atoms with Gasteiger partial charge < -0.3 is 0 Å². The Morgan fingerprint density at radius 1 is 0.833 bits per heavy atom. The van der Waals surface area contributed by atoms with E-state index in [9.17, 15) is 17.6 Å². The van der Waals surface area contributed by atoms with Crippen LogP contribution in [0.3, 0.4) is 0 Å². The van der Waals surface area contributed by atoms with Gasteiger partial charge in [0.1, 0.15) is 0 Å². The van der Waals surface area contributed by atoms with Gasteiger partial charge in [0.25, 0.3) is 0 Å². The predicted molar refractivity (Wildman–Crippen MR) is 71.3 cm³/mol. The average molecular weight is 335 g/mol. The van der Waals surface area contributed by atoms with E-state index in [1.165, 1.54) is 0 Å². The van der Waals surface area contributed by atoms with Gasteiger partial charge in [-0.15, -0.1) is 0 Å². The monoisotopic (exact) mass is 334 g/mol. The fourth-order valence-corrected chi connectivity index (χ4v) is 4.65. The van der Waals surface area contributed by atoms with Crippen molar-refractivity contribution in [3.63, 3.8) is 0 Å². The van der Waals surface area contributed by atoms with E-state index in [1.54, 1.807) is 13.1 Å². The van der Waals surface area contributed by atoms with Crippen molar-refractivity contribution in [3.05, 3.63) is 23.3 Å². The third-order valence-corrected chi connectivity index (χ3v) is 11.3. The third kappa shape index (κ3) is 2.30. The Kier molecular flexibility index (Phi) is 4.16. The number of benzene rings is 1. The van der Waals surface area contributed by atoms with Gasteiger partial charge in [0.2, 0.25) is 0 Å². The first-order valence-corrected chi connectivity index (χ1v) is 10.9. The summed E-state index contributed by atoms with van der Waals surface area (Å²) in [7, 11) is -2.66. The molecule has 1 aromatic rings. The molecule has 0 spiro atoms. The van der Waals surface area contributed by atoms with Gasteiger partial charge in [-0.25, -0.2) is 0 Å². The van der Waals surface area contributed by atoms with E-state index in [-0.39, 0.29) is 5.19 Å². The molecule has 0 heterocycles. The predicted octanol–water partition coefficient (Wildman–Crippen LogP) is 2.22. The van der Waals surface area contributed by atoms with Crippen molar-refractivity contribution in [2.45, 2.75) is 38.9 Å². The van der Waals surface area contributed by atoms with Crippen LogP contribution in [0.1, 0.15) is 20.8 Å². The Hall–Kier alpha value is -0.207. The summed E-state index contributed by atoms with van der Waals surface area (Å²) < 4.78 is 54.9. The van der Waals surface area contributed by atoms with Crippen LogP contribution < -0.4 is 9.30 Å². The minimum atomic E-state index is -2.66. The first-order valence-electron chi connectivity index (χ1n) is 5.76. The molecule has 18 heavy (non-hydrogen) atoms. The fraction of sp³-hybridized carbons (Fsp3) is 0.500. The minimum absolute atomic E-state index is 0.363. The average Bonchev–Trinajstić information content (AvgIpc) is 2.22. The van der Waals surface area contributed by atoms with Crippen LogP contribution in [0.5, 0.6) is 0 Å².